The predicted molar refractivity (Wildman–Crippen MR) is 223 cm³/mol. The molecule has 1 N–H and O–H groups in total. The molecule has 0 aromatic heterocycles. The van der Waals surface area contributed by atoms with Crippen LogP contribution < -0.4 is 25.2 Å². The molecular formula is C46H52ClNO6Si. The first-order valence-corrected chi connectivity index (χ1v) is 20.7. The summed E-state index contributed by atoms with van der Waals surface area (Å²) in [6.07, 6.45) is 1.20. The van der Waals surface area contributed by atoms with Crippen molar-refractivity contribution in [3.63, 3.8) is 0 Å². The van der Waals surface area contributed by atoms with E-state index < -0.39 is 37.6 Å². The largest absolute Gasteiger partial charge is 0.489 e. The second-order valence-electron chi connectivity index (χ2n) is 15.7. The van der Waals surface area contributed by atoms with Crippen molar-refractivity contribution in [3.05, 3.63) is 150 Å². The fourth-order valence-electron chi connectivity index (χ4n) is 6.60. The molecule has 0 aliphatic heterocycles. The first-order chi connectivity index (χ1) is 26.3. The van der Waals surface area contributed by atoms with Crippen LogP contribution in [-0.4, -0.2) is 39.2 Å². The van der Waals surface area contributed by atoms with Crippen LogP contribution in [0, 0.1) is 11.3 Å². The molecule has 0 fully saturated rings. The number of rotatable bonds is 16. The molecule has 0 bridgehead atoms. The van der Waals surface area contributed by atoms with Crippen LogP contribution in [0.5, 0.6) is 17.2 Å². The van der Waals surface area contributed by atoms with Gasteiger partial charge < -0.3 is 28.7 Å². The van der Waals surface area contributed by atoms with Crippen LogP contribution in [0.25, 0.3) is 0 Å². The summed E-state index contributed by atoms with van der Waals surface area (Å²) in [5.41, 5.74) is -0.852. The van der Waals surface area contributed by atoms with Crippen molar-refractivity contribution in [2.45, 2.75) is 72.1 Å². The predicted octanol–water partition coefficient (Wildman–Crippen LogP) is 9.32. The number of ether oxygens (including phenoxy) is 3. The van der Waals surface area contributed by atoms with Crippen molar-refractivity contribution >= 4 is 43.4 Å². The summed E-state index contributed by atoms with van der Waals surface area (Å²) in [4.78, 5) is 26.9. The number of aryl methyl sites for hydroxylation is 1. The molecule has 7 nitrogen and oxygen atoms in total. The molecular weight excluding hydrogens is 726 g/mol. The molecule has 2 unspecified atom stereocenters. The van der Waals surface area contributed by atoms with E-state index in [1.165, 1.54) is 0 Å². The van der Waals surface area contributed by atoms with Crippen LogP contribution in [0.15, 0.2) is 133 Å². The third-order valence-corrected chi connectivity index (χ3v) is 12.4. The SMILES string of the molecule is CC(C)(C)OC(=O)NC(C=O)(C(CCc1ccc(Oc2cccc(OCc3ccccc3)c2)cc1Cl)CO[SiH](c1ccccc1)c1ccccc1)C(C)(C)C. The highest BCUT2D eigenvalue weighted by Gasteiger charge is 2.50. The second-order valence-corrected chi connectivity index (χ2v) is 18.6. The monoisotopic (exact) mass is 777 g/mol. The van der Waals surface area contributed by atoms with Crippen LogP contribution in [0.3, 0.4) is 0 Å². The van der Waals surface area contributed by atoms with Gasteiger partial charge in [0, 0.05) is 23.6 Å². The Bertz CT molecular complexity index is 1940. The molecule has 2 atom stereocenters. The molecule has 5 aromatic carbocycles. The number of amides is 1. The van der Waals surface area contributed by atoms with E-state index in [9.17, 15) is 9.59 Å². The van der Waals surface area contributed by atoms with Gasteiger partial charge in [-0.05, 0) is 84.8 Å². The molecule has 0 spiro atoms. The van der Waals surface area contributed by atoms with Crippen molar-refractivity contribution in [2.24, 2.45) is 11.3 Å². The van der Waals surface area contributed by atoms with Crippen LogP contribution in [0.1, 0.15) is 59.1 Å². The highest BCUT2D eigenvalue weighted by molar-refractivity contribution is 6.80. The molecule has 55 heavy (non-hydrogen) atoms. The number of hydrogen-bond donors (Lipinski definition) is 1. The lowest BCUT2D eigenvalue weighted by Crippen LogP contribution is -2.65. The molecule has 0 aliphatic carbocycles. The molecule has 0 heterocycles. The maximum atomic E-state index is 13.5. The summed E-state index contributed by atoms with van der Waals surface area (Å²) < 4.78 is 24.8. The molecule has 0 aliphatic rings. The van der Waals surface area contributed by atoms with E-state index in [1.807, 2.05) is 124 Å². The van der Waals surface area contributed by atoms with E-state index >= 15 is 0 Å². The minimum Gasteiger partial charge on any atom is -0.489 e. The third kappa shape index (κ3) is 11.6. The van der Waals surface area contributed by atoms with E-state index in [0.29, 0.717) is 41.7 Å². The van der Waals surface area contributed by atoms with Crippen molar-refractivity contribution < 1.29 is 28.2 Å². The molecule has 0 radical (unpaired) electrons. The van der Waals surface area contributed by atoms with E-state index in [2.05, 4.69) is 29.6 Å². The van der Waals surface area contributed by atoms with Gasteiger partial charge in [0.2, 0.25) is 9.04 Å². The molecule has 0 saturated carbocycles. The normalized spacial score (nSPS) is 13.4. The number of benzene rings is 5. The fourth-order valence-corrected chi connectivity index (χ4v) is 9.20. The Hall–Kier alpha value is -4.89. The summed E-state index contributed by atoms with van der Waals surface area (Å²) in [5.74, 6) is 1.44. The Morgan fingerprint density at radius 3 is 1.89 bits per heavy atom. The average Bonchev–Trinajstić information content (AvgIpc) is 3.15. The Balaban J connectivity index is 1.39. The van der Waals surface area contributed by atoms with E-state index in [1.54, 1.807) is 26.8 Å². The molecule has 288 valence electrons. The van der Waals surface area contributed by atoms with Crippen molar-refractivity contribution in [1.29, 1.82) is 0 Å². The van der Waals surface area contributed by atoms with Gasteiger partial charge in [0.05, 0.1) is 0 Å². The van der Waals surface area contributed by atoms with Gasteiger partial charge in [0.25, 0.3) is 0 Å². The van der Waals surface area contributed by atoms with Gasteiger partial charge in [-0.15, -0.1) is 0 Å². The van der Waals surface area contributed by atoms with E-state index in [4.69, 9.17) is 30.2 Å². The summed E-state index contributed by atoms with van der Waals surface area (Å²) in [7, 11) is -2.20. The third-order valence-electron chi connectivity index (χ3n) is 9.52. The average molecular weight is 778 g/mol. The lowest BCUT2D eigenvalue weighted by molar-refractivity contribution is -0.122. The van der Waals surface area contributed by atoms with E-state index in [0.717, 1.165) is 27.8 Å². The lowest BCUT2D eigenvalue weighted by Gasteiger charge is -2.47. The van der Waals surface area contributed by atoms with E-state index in [-0.39, 0.29) is 6.61 Å². The smallest absolute Gasteiger partial charge is 0.408 e. The first kappa shape index (κ1) is 41.3. The van der Waals surface area contributed by atoms with Crippen LogP contribution in [0.4, 0.5) is 4.79 Å². The maximum absolute atomic E-state index is 13.5. The number of carbonyl (C=O) groups is 2. The number of carbonyl (C=O) groups excluding carboxylic acids is 2. The summed E-state index contributed by atoms with van der Waals surface area (Å²) in [6.45, 7) is 11.9. The van der Waals surface area contributed by atoms with Gasteiger partial charge in [0.1, 0.15) is 41.3 Å². The molecule has 9 heteroatoms. The Morgan fingerprint density at radius 1 is 0.745 bits per heavy atom. The Labute approximate surface area is 332 Å². The van der Waals surface area contributed by atoms with Crippen molar-refractivity contribution in [1.82, 2.24) is 5.32 Å². The summed E-state index contributed by atoms with van der Waals surface area (Å²) >= 11 is 6.92. The zero-order valence-corrected chi connectivity index (χ0v) is 34.5. The van der Waals surface area contributed by atoms with Crippen molar-refractivity contribution in [3.8, 4) is 17.2 Å². The molecule has 1 amide bonds. The quantitative estimate of drug-likeness (QED) is 0.0795. The minimum atomic E-state index is -2.20. The van der Waals surface area contributed by atoms with Crippen LogP contribution >= 0.6 is 11.6 Å². The Kier molecular flexibility index (Phi) is 14.0. The number of halogens is 1. The van der Waals surface area contributed by atoms with Crippen molar-refractivity contribution in [2.75, 3.05) is 6.61 Å². The zero-order chi connectivity index (χ0) is 39.5. The van der Waals surface area contributed by atoms with Gasteiger partial charge in [-0.2, -0.15) is 0 Å². The van der Waals surface area contributed by atoms with Crippen LogP contribution in [0.2, 0.25) is 5.02 Å². The van der Waals surface area contributed by atoms with Gasteiger partial charge in [-0.25, -0.2) is 4.79 Å². The molecule has 5 rings (SSSR count). The highest BCUT2D eigenvalue weighted by Crippen LogP contribution is 2.39. The number of nitrogens with one attached hydrogen (secondary N) is 1. The lowest BCUT2D eigenvalue weighted by atomic mass is 9.65. The minimum absolute atomic E-state index is 0.216. The Morgan fingerprint density at radius 2 is 1.33 bits per heavy atom. The maximum Gasteiger partial charge on any atom is 0.408 e. The standard InChI is InChI=1S/C46H52ClNO6Si/c1-44(2,3)46(33-49,48-43(50)54-45(4,5)6)36(32-52-55(40-21-12-8-13-22-40)41-23-14-9-15-24-41)27-25-35-26-28-39(30-42(35)47)53-38-20-16-19-37(29-38)51-31-34-17-10-7-11-18-34/h7-24,26,28-30,33,36,55H,25,27,31-32H2,1-6H3,(H,48,50). The molecule has 5 aromatic rings. The summed E-state index contributed by atoms with van der Waals surface area (Å²) in [5, 5.41) is 5.80. The second kappa shape index (κ2) is 18.6. The summed E-state index contributed by atoms with van der Waals surface area (Å²) in [6, 6.07) is 43.5. The molecule has 0 saturated heterocycles. The van der Waals surface area contributed by atoms with Gasteiger partial charge >= 0.3 is 6.09 Å². The van der Waals surface area contributed by atoms with Gasteiger partial charge in [-0.3, -0.25) is 0 Å². The topological polar surface area (TPSA) is 83.1 Å². The number of aldehydes is 1. The highest BCUT2D eigenvalue weighted by atomic mass is 35.5. The van der Waals surface area contributed by atoms with Gasteiger partial charge in [-0.1, -0.05) is 136 Å². The number of alkyl carbamates (subject to hydrolysis) is 1. The first-order valence-electron chi connectivity index (χ1n) is 18.7. The van der Waals surface area contributed by atoms with Gasteiger partial charge in [0.15, 0.2) is 0 Å². The van der Waals surface area contributed by atoms with Crippen LogP contribution in [-0.2, 0) is 27.0 Å². The fraction of sp³-hybridized carbons (Fsp3) is 0.304. The zero-order valence-electron chi connectivity index (χ0n) is 32.6. The number of hydrogen-bond acceptors (Lipinski definition) is 6.